The van der Waals surface area contributed by atoms with E-state index in [0.29, 0.717) is 35.8 Å². The molecule has 0 saturated heterocycles. The predicted molar refractivity (Wildman–Crippen MR) is 226 cm³/mol. The summed E-state index contributed by atoms with van der Waals surface area (Å²) in [5.41, 5.74) is 10.2. The van der Waals surface area contributed by atoms with E-state index in [1.165, 1.54) is 11.1 Å². The third-order valence-electron chi connectivity index (χ3n) is 10.8. The van der Waals surface area contributed by atoms with Crippen LogP contribution in [0.4, 0.5) is 17.1 Å². The Bertz CT molecular complexity index is 2550. The molecule has 0 fully saturated rings. The number of benzene rings is 6. The van der Waals surface area contributed by atoms with E-state index in [0.717, 1.165) is 57.7 Å². The lowest BCUT2D eigenvalue weighted by Crippen LogP contribution is -2.16. The standard InChI is InChI=1S/C50H41N5O2/c1-4-35(37-19-21-40(22-20-37)50-54-53-49(57-50)39-13-7-5-8-14-39)31-34(2)36-23-27-42(28-24-36)55(41-15-9-6-10-16-41)43-29-25-38(26-30-43)48-32-45(46(33-51)52-3)44-17-11-12-18-47(44)56-48/h5-30,34-35,48H,4,31-32H2,1-2H3. The van der Waals surface area contributed by atoms with Crippen molar-refractivity contribution in [2.75, 3.05) is 4.90 Å². The van der Waals surface area contributed by atoms with Gasteiger partial charge in [0.25, 0.3) is 5.70 Å². The lowest BCUT2D eigenvalue weighted by molar-refractivity contribution is 0.202. The monoisotopic (exact) mass is 743 g/mol. The van der Waals surface area contributed by atoms with E-state index in [4.69, 9.17) is 15.7 Å². The fourth-order valence-corrected chi connectivity index (χ4v) is 7.73. The van der Waals surface area contributed by atoms with Crippen LogP contribution in [-0.4, -0.2) is 10.2 Å². The maximum Gasteiger partial charge on any atom is 0.265 e. The Hall–Kier alpha value is -7.22. The maximum atomic E-state index is 9.71. The van der Waals surface area contributed by atoms with Gasteiger partial charge >= 0.3 is 0 Å². The molecule has 0 bridgehead atoms. The van der Waals surface area contributed by atoms with Crippen LogP contribution >= 0.6 is 0 Å². The summed E-state index contributed by atoms with van der Waals surface area (Å²) in [6.45, 7) is 12.2. The van der Waals surface area contributed by atoms with Crippen LogP contribution in [0, 0.1) is 17.9 Å². The van der Waals surface area contributed by atoms with E-state index in [1.54, 1.807) is 0 Å². The van der Waals surface area contributed by atoms with E-state index in [2.05, 4.69) is 137 Å². The minimum atomic E-state index is -0.316. The summed E-state index contributed by atoms with van der Waals surface area (Å²) in [6.07, 6.45) is 2.19. The number of hydrogen-bond acceptors (Lipinski definition) is 6. The van der Waals surface area contributed by atoms with Crippen molar-refractivity contribution in [3.8, 4) is 34.7 Å². The van der Waals surface area contributed by atoms with Crippen LogP contribution in [0.2, 0.25) is 0 Å². The van der Waals surface area contributed by atoms with Crippen molar-refractivity contribution in [3.05, 3.63) is 197 Å². The quantitative estimate of drug-likeness (QED) is 0.0969. The van der Waals surface area contributed by atoms with Gasteiger partial charge in [0, 0.05) is 40.2 Å². The number of nitriles is 1. The largest absolute Gasteiger partial charge is 0.485 e. The molecule has 0 amide bonds. The Labute approximate surface area is 334 Å². The second-order valence-electron chi connectivity index (χ2n) is 14.4. The van der Waals surface area contributed by atoms with Gasteiger partial charge in [-0.15, -0.1) is 10.2 Å². The molecule has 278 valence electrons. The summed E-state index contributed by atoms with van der Waals surface area (Å²) >= 11 is 0. The Balaban J connectivity index is 0.986. The summed E-state index contributed by atoms with van der Waals surface area (Å²) in [5, 5.41) is 18.3. The average Bonchev–Trinajstić information content (AvgIpc) is 3.78. The summed E-state index contributed by atoms with van der Waals surface area (Å²) in [4.78, 5) is 5.79. The van der Waals surface area contributed by atoms with Crippen LogP contribution in [0.5, 0.6) is 5.75 Å². The first-order valence-electron chi connectivity index (χ1n) is 19.3. The van der Waals surface area contributed by atoms with Crippen molar-refractivity contribution >= 4 is 22.6 Å². The molecule has 8 rings (SSSR count). The Kier molecular flexibility index (Phi) is 10.7. The molecule has 0 aliphatic carbocycles. The average molecular weight is 744 g/mol. The van der Waals surface area contributed by atoms with Crippen molar-refractivity contribution in [3.63, 3.8) is 0 Å². The molecular formula is C50H41N5O2. The molecule has 2 heterocycles. The van der Waals surface area contributed by atoms with Crippen LogP contribution in [0.1, 0.15) is 73.3 Å². The number of aromatic nitrogens is 2. The molecule has 6 aromatic carbocycles. The van der Waals surface area contributed by atoms with E-state index < -0.39 is 0 Å². The number of allylic oxidation sites excluding steroid dienone is 1. The van der Waals surface area contributed by atoms with Gasteiger partial charge in [-0.2, -0.15) is 0 Å². The lowest BCUT2D eigenvalue weighted by atomic mass is 9.84. The first kappa shape index (κ1) is 36.7. The SMILES string of the molecule is [C-]#[N+]C(C#N)=C1CC(c2ccc(N(c3ccccc3)c3ccc(C(C)CC(CC)c4ccc(-c5nnc(-c6ccccc6)o5)cc4)cc3)cc2)Oc2ccccc21. The van der Waals surface area contributed by atoms with Crippen LogP contribution in [0.3, 0.4) is 0 Å². The highest BCUT2D eigenvalue weighted by Crippen LogP contribution is 2.44. The highest BCUT2D eigenvalue weighted by molar-refractivity contribution is 5.79. The first-order valence-corrected chi connectivity index (χ1v) is 19.3. The maximum absolute atomic E-state index is 9.71. The molecule has 3 unspecified atom stereocenters. The fraction of sp³-hybridized carbons (Fsp3) is 0.160. The van der Waals surface area contributed by atoms with Gasteiger partial charge in [-0.1, -0.05) is 105 Å². The normalized spacial score (nSPS) is 15.3. The molecule has 0 spiro atoms. The smallest absolute Gasteiger partial charge is 0.265 e. The highest BCUT2D eigenvalue weighted by atomic mass is 16.5. The minimum absolute atomic E-state index is 0.110. The van der Waals surface area contributed by atoms with E-state index in [1.807, 2.05) is 60.7 Å². The zero-order valence-corrected chi connectivity index (χ0v) is 31.9. The Morgan fingerprint density at radius 3 is 1.93 bits per heavy atom. The third kappa shape index (κ3) is 7.83. The van der Waals surface area contributed by atoms with Crippen molar-refractivity contribution in [2.24, 2.45) is 0 Å². The summed E-state index contributed by atoms with van der Waals surface area (Å²) in [6, 6.07) is 55.8. The first-order chi connectivity index (χ1) is 28.0. The number of hydrogen-bond donors (Lipinski definition) is 0. The van der Waals surface area contributed by atoms with E-state index >= 15 is 0 Å². The van der Waals surface area contributed by atoms with Crippen molar-refractivity contribution in [1.82, 2.24) is 10.2 Å². The van der Waals surface area contributed by atoms with Crippen LogP contribution < -0.4 is 9.64 Å². The van der Waals surface area contributed by atoms with Crippen molar-refractivity contribution in [1.29, 1.82) is 5.26 Å². The van der Waals surface area contributed by atoms with Gasteiger partial charge < -0.3 is 14.1 Å². The molecule has 7 aromatic rings. The summed E-state index contributed by atoms with van der Waals surface area (Å²) < 4.78 is 12.4. The highest BCUT2D eigenvalue weighted by Gasteiger charge is 2.28. The predicted octanol–water partition coefficient (Wildman–Crippen LogP) is 13.2. The van der Waals surface area contributed by atoms with Gasteiger partial charge in [0.05, 0.1) is 12.6 Å². The molecule has 1 aromatic heterocycles. The van der Waals surface area contributed by atoms with Crippen molar-refractivity contribution < 1.29 is 9.15 Å². The molecular weight excluding hydrogens is 703 g/mol. The van der Waals surface area contributed by atoms with Gasteiger partial charge in [0.1, 0.15) is 11.9 Å². The number of rotatable bonds is 11. The second-order valence-corrected chi connectivity index (χ2v) is 14.4. The number of ether oxygens (including phenoxy) is 1. The molecule has 7 heteroatoms. The molecule has 3 atom stereocenters. The fourth-order valence-electron chi connectivity index (χ4n) is 7.73. The molecule has 0 saturated carbocycles. The number of fused-ring (bicyclic) bond motifs is 1. The van der Waals surface area contributed by atoms with E-state index in [9.17, 15) is 5.26 Å². The van der Waals surface area contributed by atoms with Crippen LogP contribution in [0.25, 0.3) is 33.3 Å². The number of anilines is 3. The van der Waals surface area contributed by atoms with Gasteiger partial charge in [0.15, 0.2) is 0 Å². The van der Waals surface area contributed by atoms with Crippen LogP contribution in [0.15, 0.2) is 168 Å². The minimum Gasteiger partial charge on any atom is -0.485 e. The molecule has 7 nitrogen and oxygen atoms in total. The van der Waals surface area contributed by atoms with E-state index in [-0.39, 0.29) is 11.8 Å². The third-order valence-corrected chi connectivity index (χ3v) is 10.8. The van der Waals surface area contributed by atoms with Gasteiger partial charge in [-0.25, -0.2) is 10.1 Å². The zero-order valence-electron chi connectivity index (χ0n) is 31.9. The topological polar surface area (TPSA) is 79.5 Å². The van der Waals surface area contributed by atoms with Gasteiger partial charge in [-0.05, 0) is 114 Å². The Morgan fingerprint density at radius 2 is 1.30 bits per heavy atom. The number of nitrogens with zero attached hydrogens (tertiary/aromatic N) is 5. The lowest BCUT2D eigenvalue weighted by Gasteiger charge is -2.30. The summed E-state index contributed by atoms with van der Waals surface area (Å²) in [5.74, 6) is 2.47. The number of para-hydroxylation sites is 2. The zero-order chi connectivity index (χ0) is 39.1. The van der Waals surface area contributed by atoms with Crippen LogP contribution in [-0.2, 0) is 0 Å². The molecule has 0 radical (unpaired) electrons. The Morgan fingerprint density at radius 1 is 0.737 bits per heavy atom. The second kappa shape index (κ2) is 16.7. The summed E-state index contributed by atoms with van der Waals surface area (Å²) in [7, 11) is 0. The molecule has 1 aliphatic heterocycles. The molecule has 57 heavy (non-hydrogen) atoms. The molecule has 1 aliphatic rings. The van der Waals surface area contributed by atoms with Gasteiger partial charge in [0.2, 0.25) is 11.8 Å². The molecule has 0 N–H and O–H groups in total. The van der Waals surface area contributed by atoms with Gasteiger partial charge in [-0.3, -0.25) is 0 Å². The van der Waals surface area contributed by atoms with Crippen molar-refractivity contribution in [2.45, 2.75) is 51.0 Å².